The average Bonchev–Trinajstić information content (AvgIpc) is 3.58. The highest BCUT2D eigenvalue weighted by Gasteiger charge is 2.24. The lowest BCUT2D eigenvalue weighted by Crippen LogP contribution is -2.22. The van der Waals surface area contributed by atoms with Gasteiger partial charge in [0, 0.05) is 32.9 Å². The molecular formula is C26H23FN2O5S2. The second-order valence-corrected chi connectivity index (χ2v) is 9.60. The summed E-state index contributed by atoms with van der Waals surface area (Å²) in [5.41, 5.74) is 3.31. The zero-order valence-electron chi connectivity index (χ0n) is 19.8. The van der Waals surface area contributed by atoms with Gasteiger partial charge in [-0.15, -0.1) is 22.7 Å². The maximum Gasteiger partial charge on any atom is 0.341 e. The van der Waals surface area contributed by atoms with Gasteiger partial charge in [0.15, 0.2) is 6.61 Å². The number of carbonyl (C=O) groups is 3. The van der Waals surface area contributed by atoms with Crippen LogP contribution in [0.3, 0.4) is 0 Å². The van der Waals surface area contributed by atoms with Crippen LogP contribution in [0.5, 0.6) is 0 Å². The predicted octanol–water partition coefficient (Wildman–Crippen LogP) is 6.00. The zero-order chi connectivity index (χ0) is 25.8. The van der Waals surface area contributed by atoms with Crippen molar-refractivity contribution in [2.45, 2.75) is 20.8 Å². The molecule has 0 unspecified atom stereocenters. The van der Waals surface area contributed by atoms with Gasteiger partial charge in [-0.2, -0.15) is 0 Å². The number of nitrogens with zero attached hydrogens (tertiary/aromatic N) is 1. The van der Waals surface area contributed by atoms with Gasteiger partial charge in [-0.1, -0.05) is 6.07 Å². The Kier molecular flexibility index (Phi) is 7.66. The molecule has 1 aromatic carbocycles. The van der Waals surface area contributed by atoms with Crippen LogP contribution in [0.15, 0.2) is 53.2 Å². The number of benzene rings is 1. The highest BCUT2D eigenvalue weighted by Crippen LogP contribution is 2.38. The van der Waals surface area contributed by atoms with E-state index in [9.17, 15) is 18.8 Å². The van der Waals surface area contributed by atoms with Crippen LogP contribution in [-0.2, 0) is 14.3 Å². The van der Waals surface area contributed by atoms with Crippen molar-refractivity contribution in [2.75, 3.05) is 18.5 Å². The monoisotopic (exact) mass is 526 g/mol. The number of esters is 2. The molecule has 0 atom stereocenters. The molecule has 0 fully saturated rings. The molecule has 3 aromatic heterocycles. The molecule has 0 saturated heterocycles. The molecule has 4 aromatic rings. The summed E-state index contributed by atoms with van der Waals surface area (Å²) in [6.45, 7) is 4.93. The Balaban J connectivity index is 1.47. The fraction of sp³-hybridized carbons (Fsp3) is 0.192. The van der Waals surface area contributed by atoms with Crippen LogP contribution in [0.1, 0.15) is 39.0 Å². The third kappa shape index (κ3) is 5.24. The Morgan fingerprint density at radius 1 is 1.03 bits per heavy atom. The standard InChI is InChI=1S/C26H23FN2O5S2/c1-4-33-26(32)23-20(21-6-5-11-35-21)14-36-24(23)28-22(30)13-34-25(31)19-12-15(2)29(16(19)3)18-9-7-17(27)8-10-18/h5-12,14H,4,13H2,1-3H3,(H,28,30). The van der Waals surface area contributed by atoms with Crippen molar-refractivity contribution in [3.05, 3.63) is 81.6 Å². The summed E-state index contributed by atoms with van der Waals surface area (Å²) in [6.07, 6.45) is 0. The summed E-state index contributed by atoms with van der Waals surface area (Å²) in [5, 5.41) is 6.67. The van der Waals surface area contributed by atoms with E-state index in [0.29, 0.717) is 27.5 Å². The quantitative estimate of drug-likeness (QED) is 0.285. The first-order chi connectivity index (χ1) is 17.3. The highest BCUT2D eigenvalue weighted by molar-refractivity contribution is 7.17. The van der Waals surface area contributed by atoms with E-state index in [1.54, 1.807) is 42.0 Å². The Bertz CT molecular complexity index is 1400. The van der Waals surface area contributed by atoms with Gasteiger partial charge in [-0.3, -0.25) is 4.79 Å². The van der Waals surface area contributed by atoms with Crippen molar-refractivity contribution in [3.8, 4) is 16.1 Å². The van der Waals surface area contributed by atoms with Crippen molar-refractivity contribution in [1.29, 1.82) is 0 Å². The number of carbonyl (C=O) groups excluding carboxylic acids is 3. The van der Waals surface area contributed by atoms with Crippen LogP contribution in [0.2, 0.25) is 0 Å². The van der Waals surface area contributed by atoms with Gasteiger partial charge >= 0.3 is 11.9 Å². The van der Waals surface area contributed by atoms with Crippen molar-refractivity contribution >= 4 is 45.5 Å². The van der Waals surface area contributed by atoms with Crippen LogP contribution in [0, 0.1) is 19.7 Å². The number of hydrogen-bond donors (Lipinski definition) is 1. The second kappa shape index (κ2) is 10.9. The van der Waals surface area contributed by atoms with Gasteiger partial charge in [0.05, 0.1) is 12.2 Å². The highest BCUT2D eigenvalue weighted by atomic mass is 32.1. The number of rotatable bonds is 8. The third-order valence-electron chi connectivity index (χ3n) is 5.38. The smallest absolute Gasteiger partial charge is 0.341 e. The molecule has 1 N–H and O–H groups in total. The normalized spacial score (nSPS) is 10.8. The fourth-order valence-corrected chi connectivity index (χ4v) is 5.59. The molecule has 0 spiro atoms. The van der Waals surface area contributed by atoms with E-state index in [1.165, 1.54) is 34.8 Å². The number of aromatic nitrogens is 1. The van der Waals surface area contributed by atoms with Crippen LogP contribution in [0.25, 0.3) is 16.1 Å². The maximum atomic E-state index is 13.3. The number of anilines is 1. The topological polar surface area (TPSA) is 86.6 Å². The third-order valence-corrected chi connectivity index (χ3v) is 7.18. The lowest BCUT2D eigenvalue weighted by Gasteiger charge is -2.10. The Hall–Kier alpha value is -3.76. The minimum absolute atomic E-state index is 0.194. The van der Waals surface area contributed by atoms with Crippen LogP contribution in [-0.4, -0.2) is 35.6 Å². The maximum absolute atomic E-state index is 13.3. The second-order valence-electron chi connectivity index (χ2n) is 7.77. The summed E-state index contributed by atoms with van der Waals surface area (Å²) < 4.78 is 25.6. The summed E-state index contributed by atoms with van der Waals surface area (Å²) >= 11 is 2.67. The van der Waals surface area contributed by atoms with E-state index in [0.717, 1.165) is 10.6 Å². The molecule has 0 aliphatic heterocycles. The molecule has 36 heavy (non-hydrogen) atoms. The number of halogens is 1. The molecule has 0 saturated carbocycles. The number of amides is 1. The Labute approximate surface area is 215 Å². The number of thiophene rings is 2. The molecule has 7 nitrogen and oxygen atoms in total. The van der Waals surface area contributed by atoms with Gasteiger partial charge in [0.2, 0.25) is 0 Å². The predicted molar refractivity (Wildman–Crippen MR) is 138 cm³/mol. The van der Waals surface area contributed by atoms with Gasteiger partial charge in [-0.25, -0.2) is 14.0 Å². The molecule has 0 radical (unpaired) electrons. The molecule has 3 heterocycles. The van der Waals surface area contributed by atoms with Gasteiger partial charge in [0.25, 0.3) is 5.91 Å². The largest absolute Gasteiger partial charge is 0.462 e. The van der Waals surface area contributed by atoms with E-state index in [2.05, 4.69) is 5.32 Å². The molecule has 0 bridgehead atoms. The van der Waals surface area contributed by atoms with Gasteiger partial charge < -0.3 is 19.4 Å². The van der Waals surface area contributed by atoms with Gasteiger partial charge in [0.1, 0.15) is 16.4 Å². The zero-order valence-corrected chi connectivity index (χ0v) is 21.4. The minimum atomic E-state index is -0.664. The first-order valence-electron chi connectivity index (χ1n) is 11.0. The fourth-order valence-electron chi connectivity index (χ4n) is 3.80. The molecule has 10 heteroatoms. The van der Waals surface area contributed by atoms with E-state index in [4.69, 9.17) is 9.47 Å². The lowest BCUT2D eigenvalue weighted by atomic mass is 10.1. The van der Waals surface area contributed by atoms with Crippen LogP contribution < -0.4 is 5.32 Å². The van der Waals surface area contributed by atoms with E-state index >= 15 is 0 Å². The molecule has 0 aliphatic carbocycles. The average molecular weight is 527 g/mol. The molecule has 4 rings (SSSR count). The summed E-state index contributed by atoms with van der Waals surface area (Å²) in [4.78, 5) is 38.8. The molecule has 186 valence electrons. The number of ether oxygens (including phenoxy) is 2. The minimum Gasteiger partial charge on any atom is -0.462 e. The van der Waals surface area contributed by atoms with Crippen molar-refractivity contribution in [3.63, 3.8) is 0 Å². The van der Waals surface area contributed by atoms with E-state index in [-0.39, 0.29) is 18.0 Å². The lowest BCUT2D eigenvalue weighted by molar-refractivity contribution is -0.119. The SMILES string of the molecule is CCOC(=O)c1c(-c2cccs2)csc1NC(=O)COC(=O)c1cc(C)n(-c2ccc(F)cc2)c1C. The summed E-state index contributed by atoms with van der Waals surface area (Å²) in [6, 6.07) is 11.3. The van der Waals surface area contributed by atoms with Gasteiger partial charge in [-0.05, 0) is 62.5 Å². The van der Waals surface area contributed by atoms with Crippen LogP contribution >= 0.6 is 22.7 Å². The first kappa shape index (κ1) is 25.3. The van der Waals surface area contributed by atoms with E-state index in [1.807, 2.05) is 24.4 Å². The summed E-state index contributed by atoms with van der Waals surface area (Å²) in [5.74, 6) is -2.14. The number of hydrogen-bond acceptors (Lipinski definition) is 7. The first-order valence-corrected chi connectivity index (χ1v) is 12.8. The summed E-state index contributed by atoms with van der Waals surface area (Å²) in [7, 11) is 0. The molecular weight excluding hydrogens is 503 g/mol. The number of aryl methyl sites for hydroxylation is 1. The molecule has 0 aliphatic rings. The van der Waals surface area contributed by atoms with Crippen LogP contribution in [0.4, 0.5) is 9.39 Å². The van der Waals surface area contributed by atoms with Crippen molar-refractivity contribution in [2.24, 2.45) is 0 Å². The van der Waals surface area contributed by atoms with Crippen molar-refractivity contribution < 1.29 is 28.2 Å². The van der Waals surface area contributed by atoms with E-state index < -0.39 is 24.5 Å². The molecule has 1 amide bonds. The Morgan fingerprint density at radius 3 is 2.44 bits per heavy atom. The van der Waals surface area contributed by atoms with Crippen molar-refractivity contribution in [1.82, 2.24) is 4.57 Å². The Morgan fingerprint density at radius 2 is 1.78 bits per heavy atom. The number of nitrogens with one attached hydrogen (secondary N) is 1.